The summed E-state index contributed by atoms with van der Waals surface area (Å²) in [7, 11) is 0. The van der Waals surface area contributed by atoms with Gasteiger partial charge >= 0.3 is 0 Å². The van der Waals surface area contributed by atoms with Crippen molar-refractivity contribution in [3.8, 4) is 0 Å². The minimum atomic E-state index is 0.298. The summed E-state index contributed by atoms with van der Waals surface area (Å²) in [5, 5.41) is 5.76. The summed E-state index contributed by atoms with van der Waals surface area (Å²) in [5.74, 6) is 0. The summed E-state index contributed by atoms with van der Waals surface area (Å²) in [5.41, 5.74) is 4.90. The summed E-state index contributed by atoms with van der Waals surface area (Å²) in [6.45, 7) is 7.22. The molecule has 0 radical (unpaired) electrons. The third kappa shape index (κ3) is 2.91. The summed E-state index contributed by atoms with van der Waals surface area (Å²) in [6.07, 6.45) is 0. The predicted octanol–water partition coefficient (Wildman–Crippen LogP) is 4.63. The molecule has 0 aliphatic carbocycles. The SMILES string of the molecule is Cc1nc2scc(C)n2c1CN[C@H](C)c1cccc(Br)c1. The van der Waals surface area contributed by atoms with Gasteiger partial charge in [0.1, 0.15) is 0 Å². The second-order valence-corrected chi connectivity index (χ2v) is 7.05. The summed E-state index contributed by atoms with van der Waals surface area (Å²) in [6, 6.07) is 8.73. The maximum Gasteiger partial charge on any atom is 0.194 e. The highest BCUT2D eigenvalue weighted by Gasteiger charge is 2.13. The van der Waals surface area contributed by atoms with Crippen molar-refractivity contribution in [2.75, 3.05) is 0 Å². The van der Waals surface area contributed by atoms with Crippen molar-refractivity contribution in [3.63, 3.8) is 0 Å². The zero-order valence-electron chi connectivity index (χ0n) is 12.4. The van der Waals surface area contributed by atoms with E-state index in [0.717, 1.165) is 21.7 Å². The lowest BCUT2D eigenvalue weighted by Crippen LogP contribution is -2.19. The maximum absolute atomic E-state index is 4.63. The second kappa shape index (κ2) is 5.91. The Hall–Kier alpha value is -1.17. The fourth-order valence-electron chi connectivity index (χ4n) is 2.52. The van der Waals surface area contributed by atoms with E-state index in [9.17, 15) is 0 Å². The highest BCUT2D eigenvalue weighted by molar-refractivity contribution is 9.10. The number of nitrogens with one attached hydrogen (secondary N) is 1. The standard InChI is InChI=1S/C16H18BrN3S/c1-10-9-21-16-19-12(3)15(20(10)16)8-18-11(2)13-5-4-6-14(17)7-13/h4-7,9,11,18H,8H2,1-3H3/t11-/m1/s1. The predicted molar refractivity (Wildman–Crippen MR) is 91.9 cm³/mol. The number of aryl methyl sites for hydroxylation is 2. The van der Waals surface area contributed by atoms with Crippen LogP contribution >= 0.6 is 27.3 Å². The van der Waals surface area contributed by atoms with Crippen molar-refractivity contribution in [2.24, 2.45) is 0 Å². The van der Waals surface area contributed by atoms with E-state index in [2.05, 4.69) is 81.0 Å². The molecule has 0 aliphatic heterocycles. The number of aromatic nitrogens is 2. The fourth-order valence-corrected chi connectivity index (χ4v) is 3.87. The van der Waals surface area contributed by atoms with Gasteiger partial charge in [-0.05, 0) is 38.5 Å². The third-order valence-electron chi connectivity index (χ3n) is 3.75. The van der Waals surface area contributed by atoms with Gasteiger partial charge in [0.25, 0.3) is 0 Å². The van der Waals surface area contributed by atoms with Gasteiger partial charge in [0, 0.05) is 28.1 Å². The van der Waals surface area contributed by atoms with Crippen LogP contribution in [0.2, 0.25) is 0 Å². The second-order valence-electron chi connectivity index (χ2n) is 5.30. The quantitative estimate of drug-likeness (QED) is 0.732. The van der Waals surface area contributed by atoms with Gasteiger partial charge in [-0.25, -0.2) is 4.98 Å². The van der Waals surface area contributed by atoms with Crippen LogP contribution in [0.4, 0.5) is 0 Å². The highest BCUT2D eigenvalue weighted by atomic mass is 79.9. The molecule has 0 amide bonds. The average molecular weight is 364 g/mol. The number of thiazole rings is 1. The number of rotatable bonds is 4. The molecule has 3 aromatic rings. The first-order chi connectivity index (χ1) is 10.1. The largest absolute Gasteiger partial charge is 0.305 e. The average Bonchev–Trinajstić information content (AvgIpc) is 2.96. The van der Waals surface area contributed by atoms with Crippen molar-refractivity contribution in [1.29, 1.82) is 0 Å². The van der Waals surface area contributed by atoms with Gasteiger partial charge in [-0.2, -0.15) is 0 Å². The van der Waals surface area contributed by atoms with Crippen LogP contribution in [0, 0.1) is 13.8 Å². The van der Waals surface area contributed by atoms with E-state index in [1.165, 1.54) is 17.0 Å². The lowest BCUT2D eigenvalue weighted by Gasteiger charge is -2.15. The number of hydrogen-bond acceptors (Lipinski definition) is 3. The summed E-state index contributed by atoms with van der Waals surface area (Å²) in [4.78, 5) is 5.71. The molecule has 1 aromatic carbocycles. The van der Waals surface area contributed by atoms with Crippen molar-refractivity contribution < 1.29 is 0 Å². The Morgan fingerprint density at radius 1 is 1.38 bits per heavy atom. The summed E-state index contributed by atoms with van der Waals surface area (Å²) < 4.78 is 3.37. The smallest absolute Gasteiger partial charge is 0.194 e. The topological polar surface area (TPSA) is 29.3 Å². The molecule has 3 nitrogen and oxygen atoms in total. The van der Waals surface area contributed by atoms with Crippen LogP contribution in [0.3, 0.4) is 0 Å². The highest BCUT2D eigenvalue weighted by Crippen LogP contribution is 2.22. The minimum Gasteiger partial charge on any atom is -0.305 e. The molecule has 21 heavy (non-hydrogen) atoms. The normalized spacial score (nSPS) is 13.0. The number of nitrogens with zero attached hydrogens (tertiary/aromatic N) is 2. The molecule has 1 N–H and O–H groups in total. The Balaban J connectivity index is 1.80. The zero-order chi connectivity index (χ0) is 15.0. The van der Waals surface area contributed by atoms with Crippen molar-refractivity contribution in [3.05, 3.63) is 56.8 Å². The fraction of sp³-hybridized carbons (Fsp3) is 0.312. The van der Waals surface area contributed by atoms with Gasteiger partial charge in [-0.1, -0.05) is 28.1 Å². The minimum absolute atomic E-state index is 0.298. The third-order valence-corrected chi connectivity index (χ3v) is 5.19. The lowest BCUT2D eigenvalue weighted by atomic mass is 10.1. The van der Waals surface area contributed by atoms with Crippen LogP contribution in [-0.4, -0.2) is 9.38 Å². The van der Waals surface area contributed by atoms with E-state index in [-0.39, 0.29) is 0 Å². The van der Waals surface area contributed by atoms with Gasteiger partial charge in [0.05, 0.1) is 11.4 Å². The number of halogens is 1. The van der Waals surface area contributed by atoms with Gasteiger partial charge in [0.15, 0.2) is 4.96 Å². The molecular weight excluding hydrogens is 346 g/mol. The monoisotopic (exact) mass is 363 g/mol. The Bertz CT molecular complexity index is 775. The number of hydrogen-bond donors (Lipinski definition) is 1. The Labute approximate surface area is 137 Å². The van der Waals surface area contributed by atoms with E-state index in [1.54, 1.807) is 11.3 Å². The van der Waals surface area contributed by atoms with Crippen molar-refractivity contribution in [2.45, 2.75) is 33.4 Å². The molecular formula is C16H18BrN3S. The first-order valence-corrected chi connectivity index (χ1v) is 8.64. The lowest BCUT2D eigenvalue weighted by molar-refractivity contribution is 0.563. The molecule has 0 saturated heterocycles. The molecule has 110 valence electrons. The molecule has 3 rings (SSSR count). The Morgan fingerprint density at radius 2 is 2.19 bits per heavy atom. The molecule has 1 atom stereocenters. The first-order valence-electron chi connectivity index (χ1n) is 6.97. The van der Waals surface area contributed by atoms with Crippen LogP contribution < -0.4 is 5.32 Å². The van der Waals surface area contributed by atoms with Crippen LogP contribution in [0.25, 0.3) is 4.96 Å². The maximum atomic E-state index is 4.63. The van der Waals surface area contributed by atoms with Crippen LogP contribution in [0.5, 0.6) is 0 Å². The van der Waals surface area contributed by atoms with Crippen LogP contribution in [-0.2, 0) is 6.54 Å². The Kier molecular flexibility index (Phi) is 4.15. The van der Waals surface area contributed by atoms with E-state index >= 15 is 0 Å². The van der Waals surface area contributed by atoms with Gasteiger partial charge in [-0.15, -0.1) is 11.3 Å². The van der Waals surface area contributed by atoms with E-state index in [0.29, 0.717) is 6.04 Å². The molecule has 2 aromatic heterocycles. The van der Waals surface area contributed by atoms with Gasteiger partial charge in [0.2, 0.25) is 0 Å². The number of fused-ring (bicyclic) bond motifs is 1. The van der Waals surface area contributed by atoms with E-state index in [1.807, 2.05) is 0 Å². The van der Waals surface area contributed by atoms with E-state index < -0.39 is 0 Å². The molecule has 0 fully saturated rings. The van der Waals surface area contributed by atoms with Crippen molar-refractivity contribution >= 4 is 32.2 Å². The molecule has 2 heterocycles. The first kappa shape index (κ1) is 14.8. The molecule has 5 heteroatoms. The molecule has 0 aliphatic rings. The van der Waals surface area contributed by atoms with Gasteiger partial charge in [-0.3, -0.25) is 4.40 Å². The molecule has 0 saturated carbocycles. The number of benzene rings is 1. The zero-order valence-corrected chi connectivity index (χ0v) is 14.8. The van der Waals surface area contributed by atoms with Crippen LogP contribution in [0.1, 0.15) is 35.6 Å². The van der Waals surface area contributed by atoms with Gasteiger partial charge < -0.3 is 5.32 Å². The molecule has 0 bridgehead atoms. The molecule has 0 spiro atoms. The van der Waals surface area contributed by atoms with Crippen LogP contribution in [0.15, 0.2) is 34.1 Å². The summed E-state index contributed by atoms with van der Waals surface area (Å²) >= 11 is 5.23. The molecule has 0 unspecified atom stereocenters. The van der Waals surface area contributed by atoms with E-state index in [4.69, 9.17) is 0 Å². The Morgan fingerprint density at radius 3 is 2.95 bits per heavy atom. The van der Waals surface area contributed by atoms with Crippen molar-refractivity contribution in [1.82, 2.24) is 14.7 Å². The number of imidazole rings is 1.